The molecule has 0 atom stereocenters. The number of aryl methyl sites for hydroxylation is 2. The molecule has 0 saturated heterocycles. The number of hydrogen-bond acceptors (Lipinski definition) is 3. The molecule has 1 aromatic carbocycles. The van der Waals surface area contributed by atoms with Crippen LogP contribution in [0.3, 0.4) is 0 Å². The Bertz CT molecular complexity index is 603. The summed E-state index contributed by atoms with van der Waals surface area (Å²) in [5.74, 6) is 0.758. The third kappa shape index (κ3) is 4.23. The van der Waals surface area contributed by atoms with E-state index in [1.165, 1.54) is 12.8 Å². The Morgan fingerprint density at radius 2 is 1.73 bits per heavy atom. The third-order valence-electron chi connectivity index (χ3n) is 4.24. The predicted octanol–water partition coefficient (Wildman–Crippen LogP) is 3.70. The molecule has 1 aliphatic rings. The second kappa shape index (κ2) is 7.47. The van der Waals surface area contributed by atoms with Crippen LogP contribution in [-0.4, -0.2) is 21.1 Å². The molecule has 1 aromatic rings. The van der Waals surface area contributed by atoms with Gasteiger partial charge in [0.2, 0.25) is 10.0 Å². The first-order chi connectivity index (χ1) is 10.4. The quantitative estimate of drug-likeness (QED) is 0.840. The number of benzene rings is 1. The van der Waals surface area contributed by atoms with E-state index < -0.39 is 10.0 Å². The average molecular weight is 325 g/mol. The van der Waals surface area contributed by atoms with Crippen molar-refractivity contribution in [2.24, 2.45) is 0 Å². The summed E-state index contributed by atoms with van der Waals surface area (Å²) < 4.78 is 33.8. The largest absolute Gasteiger partial charge is 0.494 e. The first-order valence-electron chi connectivity index (χ1n) is 8.20. The second-order valence-corrected chi connectivity index (χ2v) is 7.81. The van der Waals surface area contributed by atoms with Gasteiger partial charge in [0.1, 0.15) is 5.75 Å². The molecular formula is C17H27NO3S. The lowest BCUT2D eigenvalue weighted by atomic mass is 10.1. The fraction of sp³-hybridized carbons (Fsp3) is 0.647. The Kier molecular flexibility index (Phi) is 5.87. The van der Waals surface area contributed by atoms with Crippen LogP contribution in [-0.2, 0) is 10.0 Å². The van der Waals surface area contributed by atoms with Gasteiger partial charge in [-0.3, -0.25) is 0 Å². The number of hydrogen-bond donors (Lipinski definition) is 1. The van der Waals surface area contributed by atoms with Crippen molar-refractivity contribution in [3.8, 4) is 5.75 Å². The van der Waals surface area contributed by atoms with Crippen LogP contribution in [0.1, 0.15) is 56.6 Å². The van der Waals surface area contributed by atoms with Gasteiger partial charge in [-0.05, 0) is 56.9 Å². The molecule has 22 heavy (non-hydrogen) atoms. The molecule has 0 aliphatic heterocycles. The summed E-state index contributed by atoms with van der Waals surface area (Å²) in [5.41, 5.74) is 1.59. The molecule has 4 nitrogen and oxygen atoms in total. The molecule has 1 fully saturated rings. The topological polar surface area (TPSA) is 55.4 Å². The smallest absolute Gasteiger partial charge is 0.241 e. The van der Waals surface area contributed by atoms with Crippen LogP contribution in [0.4, 0.5) is 0 Å². The highest BCUT2D eigenvalue weighted by atomic mass is 32.2. The van der Waals surface area contributed by atoms with Crippen LogP contribution in [0.5, 0.6) is 5.75 Å². The lowest BCUT2D eigenvalue weighted by Gasteiger charge is -2.18. The van der Waals surface area contributed by atoms with Gasteiger partial charge in [-0.25, -0.2) is 13.1 Å². The number of ether oxygens (including phenoxy) is 1. The first kappa shape index (κ1) is 17.3. The molecule has 0 bridgehead atoms. The zero-order valence-corrected chi connectivity index (χ0v) is 14.6. The highest BCUT2D eigenvalue weighted by molar-refractivity contribution is 7.89. The minimum absolute atomic E-state index is 0.0683. The molecule has 0 unspecified atom stereocenters. The van der Waals surface area contributed by atoms with Gasteiger partial charge in [-0.15, -0.1) is 0 Å². The van der Waals surface area contributed by atoms with Crippen LogP contribution in [0.25, 0.3) is 0 Å². The summed E-state index contributed by atoms with van der Waals surface area (Å²) in [5, 5.41) is 0. The van der Waals surface area contributed by atoms with E-state index in [1.54, 1.807) is 6.07 Å². The first-order valence-corrected chi connectivity index (χ1v) is 9.68. The summed E-state index contributed by atoms with van der Waals surface area (Å²) in [6.45, 7) is 6.21. The normalized spacial score (nSPS) is 17.2. The molecule has 0 aromatic heterocycles. The molecule has 0 spiro atoms. The molecule has 124 valence electrons. The molecule has 5 heteroatoms. The van der Waals surface area contributed by atoms with Crippen LogP contribution >= 0.6 is 0 Å². The van der Waals surface area contributed by atoms with E-state index in [0.717, 1.165) is 42.6 Å². The van der Waals surface area contributed by atoms with Crippen molar-refractivity contribution in [3.05, 3.63) is 23.3 Å². The predicted molar refractivity (Wildman–Crippen MR) is 88.9 cm³/mol. The third-order valence-corrected chi connectivity index (χ3v) is 5.90. The average Bonchev–Trinajstić information content (AvgIpc) is 2.70. The number of sulfonamides is 1. The van der Waals surface area contributed by atoms with E-state index in [1.807, 2.05) is 26.8 Å². The highest BCUT2D eigenvalue weighted by Gasteiger charge is 2.23. The van der Waals surface area contributed by atoms with Gasteiger partial charge in [0.05, 0.1) is 11.5 Å². The maximum absolute atomic E-state index is 12.7. The number of rotatable bonds is 5. The summed E-state index contributed by atoms with van der Waals surface area (Å²) in [6, 6.07) is 3.61. The molecule has 1 aliphatic carbocycles. The fourth-order valence-electron chi connectivity index (χ4n) is 3.04. The van der Waals surface area contributed by atoms with Crippen molar-refractivity contribution in [1.29, 1.82) is 0 Å². The van der Waals surface area contributed by atoms with Crippen molar-refractivity contribution in [2.45, 2.75) is 70.2 Å². The summed E-state index contributed by atoms with van der Waals surface area (Å²) >= 11 is 0. The molecule has 2 rings (SSSR count). The molecule has 0 radical (unpaired) electrons. The monoisotopic (exact) mass is 325 g/mol. The summed E-state index contributed by atoms with van der Waals surface area (Å²) in [7, 11) is -3.47. The number of nitrogens with one attached hydrogen (secondary N) is 1. The van der Waals surface area contributed by atoms with Crippen molar-refractivity contribution >= 4 is 10.0 Å². The Labute approximate surface area is 134 Å². The SMILES string of the molecule is CCOc1cc(C)c(S(=O)(=O)NC2CCCCCC2)cc1C. The van der Waals surface area contributed by atoms with Crippen molar-refractivity contribution in [3.63, 3.8) is 0 Å². The highest BCUT2D eigenvalue weighted by Crippen LogP contribution is 2.27. The Balaban J connectivity index is 2.23. The van der Waals surface area contributed by atoms with Crippen LogP contribution in [0, 0.1) is 13.8 Å². The maximum atomic E-state index is 12.7. The van der Waals surface area contributed by atoms with E-state index in [-0.39, 0.29) is 6.04 Å². The van der Waals surface area contributed by atoms with Gasteiger partial charge >= 0.3 is 0 Å². The van der Waals surface area contributed by atoms with E-state index in [0.29, 0.717) is 11.5 Å². The minimum Gasteiger partial charge on any atom is -0.494 e. The lowest BCUT2D eigenvalue weighted by Crippen LogP contribution is -2.34. The molecular weight excluding hydrogens is 298 g/mol. The lowest BCUT2D eigenvalue weighted by molar-refractivity contribution is 0.337. The van der Waals surface area contributed by atoms with E-state index in [2.05, 4.69) is 4.72 Å². The summed E-state index contributed by atoms with van der Waals surface area (Å²) in [4.78, 5) is 0.373. The van der Waals surface area contributed by atoms with Crippen molar-refractivity contribution < 1.29 is 13.2 Å². The zero-order chi connectivity index (χ0) is 16.2. The maximum Gasteiger partial charge on any atom is 0.241 e. The standard InChI is InChI=1S/C17H27NO3S/c1-4-21-16-11-14(3)17(12-13(16)2)22(19,20)18-15-9-7-5-6-8-10-15/h11-12,15,18H,4-10H2,1-3H3. The molecule has 1 N–H and O–H groups in total. The molecule has 0 heterocycles. The van der Waals surface area contributed by atoms with Gasteiger partial charge in [0, 0.05) is 6.04 Å². The Morgan fingerprint density at radius 3 is 2.32 bits per heavy atom. The van der Waals surface area contributed by atoms with Gasteiger partial charge < -0.3 is 4.74 Å². The van der Waals surface area contributed by atoms with E-state index in [9.17, 15) is 8.42 Å². The summed E-state index contributed by atoms with van der Waals surface area (Å²) in [6.07, 6.45) is 6.50. The van der Waals surface area contributed by atoms with Gasteiger partial charge in [-0.2, -0.15) is 0 Å². The Hall–Kier alpha value is -1.07. The van der Waals surface area contributed by atoms with E-state index >= 15 is 0 Å². The van der Waals surface area contributed by atoms with Crippen molar-refractivity contribution in [2.75, 3.05) is 6.61 Å². The Morgan fingerprint density at radius 1 is 1.09 bits per heavy atom. The molecule has 1 saturated carbocycles. The minimum atomic E-state index is -3.47. The van der Waals surface area contributed by atoms with Gasteiger partial charge in [0.15, 0.2) is 0 Å². The second-order valence-electron chi connectivity index (χ2n) is 6.13. The van der Waals surface area contributed by atoms with Gasteiger partial charge in [0.25, 0.3) is 0 Å². The van der Waals surface area contributed by atoms with E-state index in [4.69, 9.17) is 4.74 Å². The van der Waals surface area contributed by atoms with Crippen LogP contribution < -0.4 is 9.46 Å². The van der Waals surface area contributed by atoms with Crippen LogP contribution in [0.2, 0.25) is 0 Å². The van der Waals surface area contributed by atoms with Crippen LogP contribution in [0.15, 0.2) is 17.0 Å². The molecule has 0 amide bonds. The zero-order valence-electron chi connectivity index (χ0n) is 13.8. The van der Waals surface area contributed by atoms with Crippen molar-refractivity contribution in [1.82, 2.24) is 4.72 Å². The fourth-order valence-corrected chi connectivity index (χ4v) is 4.66. The van der Waals surface area contributed by atoms with Gasteiger partial charge in [-0.1, -0.05) is 25.7 Å².